The number of hydrogen-bond acceptors (Lipinski definition) is 2. The molecule has 4 aliphatic rings. The van der Waals surface area contributed by atoms with Crippen molar-refractivity contribution in [2.45, 2.75) is 204 Å². The monoisotopic (exact) mass is 1630 g/mol. The van der Waals surface area contributed by atoms with Gasteiger partial charge in [0.1, 0.15) is 6.15 Å². The summed E-state index contributed by atoms with van der Waals surface area (Å²) in [7, 11) is 12.1. The number of halogens is 26. The van der Waals surface area contributed by atoms with Crippen molar-refractivity contribution in [2.75, 3.05) is 22.9 Å². The van der Waals surface area contributed by atoms with Crippen LogP contribution >= 0.6 is 26.6 Å². The fourth-order valence-electron chi connectivity index (χ4n) is 15.9. The van der Waals surface area contributed by atoms with E-state index < -0.39 is 215 Å². The predicted molar refractivity (Wildman–Crippen MR) is 355 cm³/mol. The van der Waals surface area contributed by atoms with Gasteiger partial charge >= 0.3 is 207 Å². The molecule has 1 aliphatic heterocycles. The molecule has 1 saturated heterocycles. The molecule has 0 unspecified atom stereocenters. The van der Waals surface area contributed by atoms with Gasteiger partial charge in [-0.2, -0.15) is 127 Å². The predicted octanol–water partition coefficient (Wildman–Crippen LogP) is 23.8. The van der Waals surface area contributed by atoms with E-state index in [4.69, 9.17) is 19.4 Å². The Labute approximate surface area is 595 Å². The third-order valence-electron chi connectivity index (χ3n) is 19.9. The van der Waals surface area contributed by atoms with Gasteiger partial charge in [0.15, 0.2) is 0 Å². The van der Waals surface area contributed by atoms with Gasteiger partial charge in [-0.15, -0.1) is 0 Å². The van der Waals surface area contributed by atoms with Crippen LogP contribution in [0.25, 0.3) is 0 Å². The first-order chi connectivity index (χ1) is 47.4. The average molecular weight is 1640 g/mol. The molecule has 0 bridgehead atoms. The quantitative estimate of drug-likeness (QED) is 0.0766. The zero-order valence-corrected chi connectivity index (χ0v) is 60.3. The topological polar surface area (TPSA) is 6.48 Å². The van der Waals surface area contributed by atoms with Crippen molar-refractivity contribution in [1.29, 1.82) is 0 Å². The second kappa shape index (κ2) is 31.6. The van der Waals surface area contributed by atoms with Gasteiger partial charge in [0.05, 0.1) is 44.5 Å². The molecule has 0 atom stereocenters. The molecular weight excluding hydrogens is 1560 g/mol. The summed E-state index contributed by atoms with van der Waals surface area (Å²) in [4.78, 5) is 4.56. The third kappa shape index (κ3) is 19.6. The van der Waals surface area contributed by atoms with Crippen LogP contribution in [0.4, 0.5) is 117 Å². The van der Waals surface area contributed by atoms with Crippen LogP contribution in [-0.2, 0) is 62.9 Å². The van der Waals surface area contributed by atoms with E-state index >= 15 is 0 Å². The Morgan fingerprint density at radius 1 is 0.330 bits per heavy atom. The number of hydrogen-bond donors (Lipinski definition) is 0. The molecule has 3 saturated carbocycles. The molecule has 6 aromatic carbocycles. The molecule has 0 N–H and O–H groups in total. The fraction of sp³-hybridized carbons (Fsp3) is 0.472. The van der Waals surface area contributed by atoms with E-state index in [2.05, 4.69) is 86.6 Å². The van der Waals surface area contributed by atoms with E-state index in [9.17, 15) is 105 Å². The van der Waals surface area contributed by atoms with Crippen molar-refractivity contribution in [3.05, 3.63) is 182 Å². The molecule has 31 heteroatoms. The van der Waals surface area contributed by atoms with E-state index in [0.717, 1.165) is 30.1 Å². The van der Waals surface area contributed by atoms with Gasteiger partial charge in [-0.25, -0.2) is 0 Å². The van der Waals surface area contributed by atoms with Gasteiger partial charge in [0, 0.05) is 24.5 Å². The molecule has 6 aromatic rings. The Morgan fingerprint density at radius 2 is 0.524 bits per heavy atom. The van der Waals surface area contributed by atoms with E-state index in [-0.39, 0.29) is 0 Å². The van der Waals surface area contributed by atoms with E-state index in [1.807, 2.05) is 0 Å². The zero-order valence-electron chi connectivity index (χ0n) is 56.2. The summed E-state index contributed by atoms with van der Waals surface area (Å²) in [5.74, 6) is 0. The summed E-state index contributed by atoms with van der Waals surface area (Å²) in [5, 5.41) is 0. The third-order valence-corrected chi connectivity index (χ3v) is 31.5. The van der Waals surface area contributed by atoms with Crippen LogP contribution in [0, 0.1) is 48.2 Å². The van der Waals surface area contributed by atoms with Crippen LogP contribution < -0.4 is 31.7 Å². The van der Waals surface area contributed by atoms with Crippen LogP contribution in [0.5, 0.6) is 0 Å². The molecule has 1 heterocycles. The van der Waals surface area contributed by atoms with Crippen LogP contribution in [0.2, 0.25) is 0 Å². The summed E-state index contributed by atoms with van der Waals surface area (Å²) in [6, 6.07) is 0.226. The molecule has 2 radical (unpaired) electrons. The summed E-state index contributed by atoms with van der Waals surface area (Å²) in [5.41, 5.74) is -16.6. The van der Waals surface area contributed by atoms with Crippen molar-refractivity contribution < 1.29 is 119 Å². The summed E-state index contributed by atoms with van der Waals surface area (Å²) in [6.45, 7) is 18.7. The zero-order chi connectivity index (χ0) is 76.8. The van der Waals surface area contributed by atoms with Gasteiger partial charge < -0.3 is 9.80 Å². The molecule has 0 spiro atoms. The average Bonchev–Trinajstić information content (AvgIpc) is 0.898. The SMILES string of the molecule is Cc1cc(C)c(N2[C]N(c3c(C)cc(C)cc3C)CC2)c(C)c1.FC(F)(F)c1cc([B-](c2cc(C(F)(F)F)cc(C(F)(F)F)c2)(c2cc(C(F)(F)F)cc(C(F)(F)F)c2)c2cc(C(F)(F)F)cc(C(F)(F)F)c2)cc(C(F)(F)F)c1.[Cl][Ru]([Cl])=[CH][P+](C1CCCCC1)(C1CCCCC1)C1CCCCC1. The minimum absolute atomic E-state index is 0.691. The van der Waals surface area contributed by atoms with Crippen molar-refractivity contribution in [3.63, 3.8) is 0 Å². The first-order valence-electron chi connectivity index (χ1n) is 32.9. The second-order valence-corrected chi connectivity index (χ2v) is 37.9. The van der Waals surface area contributed by atoms with Crippen LogP contribution in [0.15, 0.2) is 97.1 Å². The molecule has 0 aromatic heterocycles. The molecule has 103 heavy (non-hydrogen) atoms. The molecule has 0 amide bonds. The molecule has 10 rings (SSSR count). The Balaban J connectivity index is 0.000000236. The Hall–Kier alpha value is -5.19. The summed E-state index contributed by atoms with van der Waals surface area (Å²) >= 11 is -1.68. The molecular formula is C72H72BCl2F24N2PRu. The Bertz CT molecular complexity index is 3410. The van der Waals surface area contributed by atoms with Gasteiger partial charge in [-0.1, -0.05) is 83.9 Å². The van der Waals surface area contributed by atoms with Crippen molar-refractivity contribution in [1.82, 2.24) is 0 Å². The standard InChI is InChI=1S/C32H12BF24.C21H26N2.C19H34P.2ClH.Ru/c34-25(35,36)13-1-14(26(37,38)39)6-21(5-13)33(22-7-15(27(40,41)42)2-16(8-22)28(43,44)45,23-9-17(29(46,47)48)3-18(10-23)30(49,50)51)24-11-19(31(52,53)54)4-20(12-24)32(55,56)57;1-14-9-16(3)20(17(4)10-14)22-7-8-23(13-22)21-18(5)11-15(2)12-19(21)6;1-20(17-11-5-2-6-12-17,18-13-7-3-8-14-18)19-15-9-4-10-16-19;;;/h1-12H;9-12H,7-8H2,1-6H3;1,17-19H,2-16H2;2*1H;/q-1;;+1;;;+2/p-2. The molecule has 2 nitrogen and oxygen atoms in total. The van der Waals surface area contributed by atoms with E-state index in [1.54, 1.807) is 0 Å². The fourth-order valence-corrected chi connectivity index (χ4v) is 31.4. The van der Waals surface area contributed by atoms with Crippen LogP contribution in [0.1, 0.15) is 174 Å². The molecule has 4 fully saturated rings. The summed E-state index contributed by atoms with van der Waals surface area (Å²) < 4.78 is 344. The van der Waals surface area contributed by atoms with Crippen LogP contribution in [-0.4, -0.2) is 40.6 Å². The number of nitrogens with zero attached hydrogens (tertiary/aromatic N) is 2. The Kier molecular flexibility index (Phi) is 25.6. The normalized spacial score (nSPS) is 17.2. The first-order valence-corrected chi connectivity index (χ1v) is 40.5. The maximum absolute atomic E-state index is 14.2. The van der Waals surface area contributed by atoms with Crippen molar-refractivity contribution in [2.24, 2.45) is 0 Å². The number of benzene rings is 6. The maximum atomic E-state index is 14.2. The number of aryl methyl sites for hydroxylation is 6. The van der Waals surface area contributed by atoms with Gasteiger partial charge in [-0.3, -0.25) is 0 Å². The van der Waals surface area contributed by atoms with Gasteiger partial charge in [-0.05, 0) is 88.1 Å². The van der Waals surface area contributed by atoms with Gasteiger partial charge in [0.2, 0.25) is 6.67 Å². The first kappa shape index (κ1) is 83.4. The summed E-state index contributed by atoms with van der Waals surface area (Å²) in [6.07, 6.45) is -32.6. The molecule has 568 valence electrons. The number of rotatable bonds is 10. The van der Waals surface area contributed by atoms with Crippen molar-refractivity contribution in [3.8, 4) is 0 Å². The van der Waals surface area contributed by atoms with E-state index in [1.165, 1.54) is 141 Å². The van der Waals surface area contributed by atoms with E-state index in [0.29, 0.717) is 0 Å². The van der Waals surface area contributed by atoms with Gasteiger partial charge in [0.25, 0.3) is 0 Å². The number of anilines is 2. The van der Waals surface area contributed by atoms with Crippen LogP contribution in [0.3, 0.4) is 0 Å². The van der Waals surface area contributed by atoms with Crippen molar-refractivity contribution >= 4 is 70.4 Å². The number of alkyl halides is 24. The minimum atomic E-state index is -6.13. The molecule has 3 aliphatic carbocycles. The Morgan fingerprint density at radius 3 is 0.699 bits per heavy atom. The second-order valence-electron chi connectivity index (χ2n) is 27.2.